The van der Waals surface area contributed by atoms with E-state index in [1.807, 2.05) is 27.7 Å². The fourth-order valence-electron chi connectivity index (χ4n) is 1.78. The second kappa shape index (κ2) is 6.33. The molecule has 0 radical (unpaired) electrons. The van der Waals surface area contributed by atoms with Crippen LogP contribution in [0.15, 0.2) is 0 Å². The van der Waals surface area contributed by atoms with Crippen molar-refractivity contribution in [2.75, 3.05) is 6.54 Å². The molecule has 0 aromatic rings. The van der Waals surface area contributed by atoms with Crippen molar-refractivity contribution < 1.29 is 8.78 Å². The van der Waals surface area contributed by atoms with Crippen LogP contribution in [0.1, 0.15) is 47.0 Å². The van der Waals surface area contributed by atoms with Gasteiger partial charge in [-0.15, -0.1) is 0 Å². The summed E-state index contributed by atoms with van der Waals surface area (Å²) >= 11 is 0. The van der Waals surface area contributed by atoms with Crippen molar-refractivity contribution in [1.82, 2.24) is 5.32 Å². The van der Waals surface area contributed by atoms with Gasteiger partial charge in [0.05, 0.1) is 5.54 Å². The van der Waals surface area contributed by atoms with Gasteiger partial charge < -0.3 is 5.32 Å². The molecule has 0 amide bonds. The smallest absolute Gasteiger partial charge is 0.256 e. The van der Waals surface area contributed by atoms with Crippen LogP contribution in [0.2, 0.25) is 0 Å². The Bertz CT molecular complexity index is 150. The minimum absolute atomic E-state index is 0.350. The Morgan fingerprint density at radius 1 is 1.21 bits per heavy atom. The van der Waals surface area contributed by atoms with Crippen molar-refractivity contribution in [3.63, 3.8) is 0 Å². The van der Waals surface area contributed by atoms with E-state index < -0.39 is 12.0 Å². The Morgan fingerprint density at radius 3 is 2.07 bits per heavy atom. The summed E-state index contributed by atoms with van der Waals surface area (Å²) in [6, 6.07) is 0. The lowest BCUT2D eigenvalue weighted by molar-refractivity contribution is 0.0136. The van der Waals surface area contributed by atoms with Crippen LogP contribution in [0.25, 0.3) is 0 Å². The van der Waals surface area contributed by atoms with E-state index in [9.17, 15) is 8.78 Å². The summed E-state index contributed by atoms with van der Waals surface area (Å²) in [4.78, 5) is 0. The molecule has 0 saturated carbocycles. The second-order valence-corrected chi connectivity index (χ2v) is 4.06. The van der Waals surface area contributed by atoms with Crippen LogP contribution in [0.4, 0.5) is 8.78 Å². The molecule has 86 valence electrons. The average Bonchev–Trinajstić information content (AvgIpc) is 2.16. The second-order valence-electron chi connectivity index (χ2n) is 4.06. The molecule has 0 fully saturated rings. The van der Waals surface area contributed by atoms with Crippen molar-refractivity contribution in [3.05, 3.63) is 0 Å². The first-order valence-electron chi connectivity index (χ1n) is 5.55. The van der Waals surface area contributed by atoms with Gasteiger partial charge in [-0.3, -0.25) is 0 Å². The standard InChI is InChI=1S/C11H23F2N/c1-5-9(4)8-11(6-2,10(12)13)14-7-3/h9-10,14H,5-8H2,1-4H3. The molecule has 0 bridgehead atoms. The molecule has 1 N–H and O–H groups in total. The molecule has 0 rings (SSSR count). The van der Waals surface area contributed by atoms with Crippen molar-refractivity contribution in [1.29, 1.82) is 0 Å². The summed E-state index contributed by atoms with van der Waals surface area (Å²) in [7, 11) is 0. The lowest BCUT2D eigenvalue weighted by Gasteiger charge is -2.35. The fraction of sp³-hybridized carbons (Fsp3) is 1.00. The maximum absolute atomic E-state index is 13.0. The topological polar surface area (TPSA) is 12.0 Å². The quantitative estimate of drug-likeness (QED) is 0.674. The molecule has 0 saturated heterocycles. The molecule has 0 aliphatic rings. The number of nitrogens with one attached hydrogen (secondary N) is 1. The summed E-state index contributed by atoms with van der Waals surface area (Å²) in [5.41, 5.74) is -0.968. The molecule has 0 heterocycles. The monoisotopic (exact) mass is 207 g/mol. The average molecular weight is 207 g/mol. The minimum atomic E-state index is -2.28. The highest BCUT2D eigenvalue weighted by Crippen LogP contribution is 2.28. The van der Waals surface area contributed by atoms with E-state index in [0.29, 0.717) is 25.3 Å². The Morgan fingerprint density at radius 2 is 1.79 bits per heavy atom. The van der Waals surface area contributed by atoms with E-state index in [2.05, 4.69) is 5.32 Å². The molecule has 1 nitrogen and oxygen atoms in total. The van der Waals surface area contributed by atoms with E-state index in [0.717, 1.165) is 6.42 Å². The summed E-state index contributed by atoms with van der Waals surface area (Å²) in [5, 5.41) is 2.96. The first kappa shape index (κ1) is 13.8. The Kier molecular flexibility index (Phi) is 6.25. The van der Waals surface area contributed by atoms with Gasteiger partial charge in [0.1, 0.15) is 0 Å². The van der Waals surface area contributed by atoms with Gasteiger partial charge in [-0.25, -0.2) is 8.78 Å². The summed E-state index contributed by atoms with van der Waals surface area (Å²) in [5.74, 6) is 0.350. The van der Waals surface area contributed by atoms with Crippen LogP contribution in [-0.2, 0) is 0 Å². The number of alkyl halides is 2. The normalized spacial score (nSPS) is 18.2. The molecular weight excluding hydrogens is 184 g/mol. The molecule has 0 aromatic carbocycles. The van der Waals surface area contributed by atoms with Crippen molar-refractivity contribution in [2.24, 2.45) is 5.92 Å². The van der Waals surface area contributed by atoms with E-state index in [4.69, 9.17) is 0 Å². The van der Waals surface area contributed by atoms with Gasteiger partial charge in [-0.2, -0.15) is 0 Å². The van der Waals surface area contributed by atoms with E-state index in [1.165, 1.54) is 0 Å². The van der Waals surface area contributed by atoms with Crippen LogP contribution >= 0.6 is 0 Å². The number of hydrogen-bond donors (Lipinski definition) is 1. The van der Waals surface area contributed by atoms with E-state index in [1.54, 1.807) is 0 Å². The molecule has 2 unspecified atom stereocenters. The van der Waals surface area contributed by atoms with E-state index >= 15 is 0 Å². The highest BCUT2D eigenvalue weighted by molar-refractivity contribution is 4.90. The molecule has 14 heavy (non-hydrogen) atoms. The van der Waals surface area contributed by atoms with Crippen molar-refractivity contribution >= 4 is 0 Å². The predicted octanol–water partition coefficient (Wildman–Crippen LogP) is 3.45. The van der Waals surface area contributed by atoms with Gasteiger partial charge >= 0.3 is 0 Å². The van der Waals surface area contributed by atoms with Crippen LogP contribution in [0.3, 0.4) is 0 Å². The molecule has 3 heteroatoms. The van der Waals surface area contributed by atoms with E-state index in [-0.39, 0.29) is 0 Å². The van der Waals surface area contributed by atoms with Crippen molar-refractivity contribution in [3.8, 4) is 0 Å². The third kappa shape index (κ3) is 3.52. The summed E-state index contributed by atoms with van der Waals surface area (Å²) < 4.78 is 26.0. The van der Waals surface area contributed by atoms with Gasteiger partial charge in [-0.1, -0.05) is 34.1 Å². The minimum Gasteiger partial charge on any atom is -0.307 e. The molecule has 0 aliphatic heterocycles. The maximum atomic E-state index is 13.0. The van der Waals surface area contributed by atoms with Crippen LogP contribution < -0.4 is 5.32 Å². The van der Waals surface area contributed by atoms with Crippen LogP contribution in [-0.4, -0.2) is 18.5 Å². The molecule has 0 aliphatic carbocycles. The summed E-state index contributed by atoms with van der Waals surface area (Å²) in [6.07, 6.45) is -0.268. The fourth-order valence-corrected chi connectivity index (χ4v) is 1.78. The Labute approximate surface area is 86.3 Å². The Hall–Kier alpha value is -0.180. The first-order chi connectivity index (χ1) is 6.52. The molecule has 0 spiro atoms. The van der Waals surface area contributed by atoms with Gasteiger partial charge in [0.15, 0.2) is 0 Å². The first-order valence-corrected chi connectivity index (χ1v) is 5.55. The SMILES string of the molecule is CCNC(CC)(CC(C)CC)C(F)F. The third-order valence-corrected chi connectivity index (χ3v) is 2.99. The largest absolute Gasteiger partial charge is 0.307 e. The zero-order valence-corrected chi connectivity index (χ0v) is 9.74. The molecular formula is C11H23F2N. The zero-order valence-electron chi connectivity index (χ0n) is 9.74. The highest BCUT2D eigenvalue weighted by atomic mass is 19.3. The van der Waals surface area contributed by atoms with Gasteiger partial charge in [0, 0.05) is 0 Å². The highest BCUT2D eigenvalue weighted by Gasteiger charge is 2.38. The van der Waals surface area contributed by atoms with Crippen LogP contribution in [0.5, 0.6) is 0 Å². The molecule has 2 atom stereocenters. The number of rotatable bonds is 7. The summed E-state index contributed by atoms with van der Waals surface area (Å²) in [6.45, 7) is 8.39. The Balaban J connectivity index is 4.48. The zero-order chi connectivity index (χ0) is 11.2. The van der Waals surface area contributed by atoms with Gasteiger partial charge in [0.25, 0.3) is 6.43 Å². The lowest BCUT2D eigenvalue weighted by atomic mass is 9.85. The maximum Gasteiger partial charge on any atom is 0.256 e. The van der Waals surface area contributed by atoms with Crippen molar-refractivity contribution in [2.45, 2.75) is 58.9 Å². The number of halogens is 2. The predicted molar refractivity (Wildman–Crippen MR) is 56.8 cm³/mol. The number of hydrogen-bond acceptors (Lipinski definition) is 1. The van der Waals surface area contributed by atoms with Crippen LogP contribution in [0, 0.1) is 5.92 Å². The molecule has 0 aromatic heterocycles. The third-order valence-electron chi connectivity index (χ3n) is 2.99. The lowest BCUT2D eigenvalue weighted by Crippen LogP contribution is -2.51. The van der Waals surface area contributed by atoms with Gasteiger partial charge in [-0.05, 0) is 25.3 Å². The van der Waals surface area contributed by atoms with Gasteiger partial charge in [0.2, 0.25) is 0 Å².